The first-order chi connectivity index (χ1) is 8.17. The second kappa shape index (κ2) is 7.80. The highest BCUT2D eigenvalue weighted by Gasteiger charge is 2.12. The van der Waals surface area contributed by atoms with Gasteiger partial charge < -0.3 is 4.90 Å². The van der Waals surface area contributed by atoms with Crippen molar-refractivity contribution in [2.45, 2.75) is 6.42 Å². The van der Waals surface area contributed by atoms with E-state index in [2.05, 4.69) is 0 Å². The largest absolute Gasteiger partial charge is 0.340 e. The van der Waals surface area contributed by atoms with E-state index in [0.717, 1.165) is 5.56 Å². The van der Waals surface area contributed by atoms with Gasteiger partial charge in [0, 0.05) is 29.9 Å². The van der Waals surface area contributed by atoms with Crippen LogP contribution in [0, 0.1) is 0 Å². The van der Waals surface area contributed by atoms with E-state index < -0.39 is 0 Å². The highest BCUT2D eigenvalue weighted by Crippen LogP contribution is 2.11. The Hall–Kier alpha value is -0.440. The number of amides is 1. The van der Waals surface area contributed by atoms with Gasteiger partial charge in [0.15, 0.2) is 0 Å². The molecule has 0 N–H and O–H groups in total. The van der Waals surface area contributed by atoms with Crippen LogP contribution in [0.3, 0.4) is 0 Å². The number of rotatable bonds is 6. The number of alkyl halides is 2. The van der Waals surface area contributed by atoms with Gasteiger partial charge in [-0.2, -0.15) is 0 Å². The lowest BCUT2D eigenvalue weighted by molar-refractivity contribution is -0.130. The molecule has 0 atom stereocenters. The van der Waals surface area contributed by atoms with Gasteiger partial charge in [0.05, 0.1) is 6.42 Å². The predicted molar refractivity (Wildman–Crippen MR) is 73.2 cm³/mol. The molecule has 0 aliphatic heterocycles. The SMILES string of the molecule is O=C(Cc1ccc(Cl)cc1)N(CCCl)CCCl. The van der Waals surface area contributed by atoms with Gasteiger partial charge in [0.2, 0.25) is 5.91 Å². The molecule has 0 bridgehead atoms. The number of benzene rings is 1. The van der Waals surface area contributed by atoms with E-state index in [1.54, 1.807) is 17.0 Å². The summed E-state index contributed by atoms with van der Waals surface area (Å²) in [7, 11) is 0. The van der Waals surface area contributed by atoms with Gasteiger partial charge in [-0.1, -0.05) is 23.7 Å². The molecule has 0 saturated carbocycles. The first kappa shape index (κ1) is 14.6. The molecule has 0 spiro atoms. The van der Waals surface area contributed by atoms with Gasteiger partial charge in [0.1, 0.15) is 0 Å². The summed E-state index contributed by atoms with van der Waals surface area (Å²) in [6.07, 6.45) is 0.352. The zero-order valence-corrected chi connectivity index (χ0v) is 11.6. The number of carbonyl (C=O) groups is 1. The van der Waals surface area contributed by atoms with Crippen molar-refractivity contribution in [2.24, 2.45) is 0 Å². The molecule has 94 valence electrons. The second-order valence-electron chi connectivity index (χ2n) is 3.56. The Kier molecular flexibility index (Phi) is 6.71. The van der Waals surface area contributed by atoms with Crippen LogP contribution in [0.5, 0.6) is 0 Å². The van der Waals surface area contributed by atoms with E-state index in [1.165, 1.54) is 0 Å². The molecule has 0 aliphatic carbocycles. The summed E-state index contributed by atoms with van der Waals surface area (Å²) in [4.78, 5) is 13.6. The molecule has 0 radical (unpaired) electrons. The van der Waals surface area contributed by atoms with Crippen LogP contribution >= 0.6 is 34.8 Å². The third-order valence-electron chi connectivity index (χ3n) is 2.33. The zero-order chi connectivity index (χ0) is 12.7. The van der Waals surface area contributed by atoms with Crippen molar-refractivity contribution in [2.75, 3.05) is 24.8 Å². The summed E-state index contributed by atoms with van der Waals surface area (Å²) in [5.74, 6) is 0.876. The lowest BCUT2D eigenvalue weighted by Gasteiger charge is -2.20. The van der Waals surface area contributed by atoms with Crippen LogP contribution in [0.25, 0.3) is 0 Å². The Morgan fingerprint density at radius 1 is 1.06 bits per heavy atom. The molecular weight excluding hydrogens is 280 g/mol. The number of hydrogen-bond donors (Lipinski definition) is 0. The highest BCUT2D eigenvalue weighted by molar-refractivity contribution is 6.30. The van der Waals surface area contributed by atoms with Gasteiger partial charge in [-0.25, -0.2) is 0 Å². The van der Waals surface area contributed by atoms with E-state index in [0.29, 0.717) is 36.3 Å². The van der Waals surface area contributed by atoms with Crippen LogP contribution in [-0.4, -0.2) is 35.7 Å². The molecule has 17 heavy (non-hydrogen) atoms. The normalized spacial score (nSPS) is 10.3. The highest BCUT2D eigenvalue weighted by atomic mass is 35.5. The smallest absolute Gasteiger partial charge is 0.227 e. The minimum Gasteiger partial charge on any atom is -0.340 e. The van der Waals surface area contributed by atoms with Crippen molar-refractivity contribution in [3.05, 3.63) is 34.9 Å². The van der Waals surface area contributed by atoms with Crippen LogP contribution in [0.1, 0.15) is 5.56 Å². The number of halogens is 3. The van der Waals surface area contributed by atoms with E-state index >= 15 is 0 Å². The average Bonchev–Trinajstić information content (AvgIpc) is 2.32. The van der Waals surface area contributed by atoms with Gasteiger partial charge in [-0.05, 0) is 17.7 Å². The maximum atomic E-state index is 12.0. The van der Waals surface area contributed by atoms with E-state index in [1.807, 2.05) is 12.1 Å². The van der Waals surface area contributed by atoms with E-state index in [4.69, 9.17) is 34.8 Å². The maximum Gasteiger partial charge on any atom is 0.227 e. The molecule has 0 saturated heterocycles. The lowest BCUT2D eigenvalue weighted by atomic mass is 10.1. The Morgan fingerprint density at radius 2 is 1.59 bits per heavy atom. The Bertz CT molecular complexity index is 347. The first-order valence-corrected chi connectivity index (χ1v) is 6.76. The summed E-state index contributed by atoms with van der Waals surface area (Å²) in [6.45, 7) is 1.06. The van der Waals surface area contributed by atoms with Crippen molar-refractivity contribution in [1.29, 1.82) is 0 Å². The lowest BCUT2D eigenvalue weighted by Crippen LogP contribution is -2.35. The van der Waals surface area contributed by atoms with Crippen molar-refractivity contribution in [3.63, 3.8) is 0 Å². The fourth-order valence-corrected chi connectivity index (χ4v) is 1.99. The van der Waals surface area contributed by atoms with Crippen LogP contribution < -0.4 is 0 Å². The van der Waals surface area contributed by atoms with Gasteiger partial charge in [-0.3, -0.25) is 4.79 Å². The minimum absolute atomic E-state index is 0.0358. The van der Waals surface area contributed by atoms with Gasteiger partial charge in [0.25, 0.3) is 0 Å². The van der Waals surface area contributed by atoms with Gasteiger partial charge >= 0.3 is 0 Å². The first-order valence-electron chi connectivity index (χ1n) is 5.31. The van der Waals surface area contributed by atoms with Crippen molar-refractivity contribution >= 4 is 40.7 Å². The maximum absolute atomic E-state index is 12.0. The standard InChI is InChI=1S/C12H14Cl3NO/c13-5-7-16(8-6-14)12(17)9-10-1-3-11(15)4-2-10/h1-4H,5-9H2. The second-order valence-corrected chi connectivity index (χ2v) is 4.75. The van der Waals surface area contributed by atoms with Crippen LogP contribution in [0.2, 0.25) is 5.02 Å². The zero-order valence-electron chi connectivity index (χ0n) is 9.33. The van der Waals surface area contributed by atoms with Gasteiger partial charge in [-0.15, -0.1) is 23.2 Å². The third kappa shape index (κ3) is 5.15. The number of nitrogens with zero attached hydrogens (tertiary/aromatic N) is 1. The molecule has 0 fully saturated rings. The monoisotopic (exact) mass is 293 g/mol. The molecule has 1 aromatic carbocycles. The van der Waals surface area contributed by atoms with Crippen molar-refractivity contribution < 1.29 is 4.79 Å². The average molecular weight is 295 g/mol. The molecule has 0 aliphatic rings. The van der Waals surface area contributed by atoms with E-state index in [9.17, 15) is 4.79 Å². The molecule has 1 rings (SSSR count). The third-order valence-corrected chi connectivity index (χ3v) is 2.92. The molecule has 0 heterocycles. The molecular formula is C12H14Cl3NO. The Morgan fingerprint density at radius 3 is 2.06 bits per heavy atom. The topological polar surface area (TPSA) is 20.3 Å². The van der Waals surface area contributed by atoms with E-state index in [-0.39, 0.29) is 5.91 Å². The summed E-state index contributed by atoms with van der Waals surface area (Å²) in [5.41, 5.74) is 0.938. The summed E-state index contributed by atoms with van der Waals surface area (Å²) in [6, 6.07) is 7.24. The molecule has 1 aromatic rings. The fourth-order valence-electron chi connectivity index (χ4n) is 1.45. The molecule has 0 unspecified atom stereocenters. The minimum atomic E-state index is 0.0358. The predicted octanol–water partition coefficient (Wildman–Crippen LogP) is 3.19. The summed E-state index contributed by atoms with van der Waals surface area (Å²) < 4.78 is 0. The van der Waals surface area contributed by atoms with Crippen LogP contribution in [0.15, 0.2) is 24.3 Å². The van der Waals surface area contributed by atoms with Crippen LogP contribution in [0.4, 0.5) is 0 Å². The Balaban J connectivity index is 2.59. The quantitative estimate of drug-likeness (QED) is 0.738. The number of hydrogen-bond acceptors (Lipinski definition) is 1. The van der Waals surface area contributed by atoms with Crippen LogP contribution in [-0.2, 0) is 11.2 Å². The molecule has 2 nitrogen and oxygen atoms in total. The van der Waals surface area contributed by atoms with Crippen molar-refractivity contribution in [1.82, 2.24) is 4.90 Å². The summed E-state index contributed by atoms with van der Waals surface area (Å²) in [5, 5.41) is 0.666. The number of carbonyl (C=O) groups excluding carboxylic acids is 1. The van der Waals surface area contributed by atoms with Crippen molar-refractivity contribution in [3.8, 4) is 0 Å². The summed E-state index contributed by atoms with van der Waals surface area (Å²) >= 11 is 17.1. The molecule has 0 aromatic heterocycles. The fraction of sp³-hybridized carbons (Fsp3) is 0.417. The molecule has 5 heteroatoms. The Labute approximate surface area is 116 Å². The molecule has 1 amide bonds.